The molecule has 0 aromatic heterocycles. The van der Waals surface area contributed by atoms with E-state index >= 15 is 0 Å². The Morgan fingerprint density at radius 1 is 1.44 bits per heavy atom. The first-order valence-electron chi connectivity index (χ1n) is 5.04. The summed E-state index contributed by atoms with van der Waals surface area (Å²) in [5.41, 5.74) is 3.64. The standard InChI is InChI=1S/C12H14Cl2N2/c1-2-3-4-8-11(16-15)9-6-5-7-10(13)12(9)14/h1,5-7,11,16H,3-4,8,15H2. The van der Waals surface area contributed by atoms with Gasteiger partial charge >= 0.3 is 0 Å². The minimum absolute atomic E-state index is 0.0143. The van der Waals surface area contributed by atoms with Gasteiger partial charge in [-0.2, -0.15) is 0 Å². The van der Waals surface area contributed by atoms with Gasteiger partial charge in [-0.1, -0.05) is 35.3 Å². The van der Waals surface area contributed by atoms with E-state index in [1.54, 1.807) is 6.07 Å². The van der Waals surface area contributed by atoms with Crippen LogP contribution in [-0.2, 0) is 0 Å². The summed E-state index contributed by atoms with van der Waals surface area (Å²) in [4.78, 5) is 0. The van der Waals surface area contributed by atoms with E-state index in [1.165, 1.54) is 0 Å². The van der Waals surface area contributed by atoms with Crippen LogP contribution in [0.1, 0.15) is 30.9 Å². The fraction of sp³-hybridized carbons (Fsp3) is 0.333. The molecule has 0 amide bonds. The third kappa shape index (κ3) is 3.40. The van der Waals surface area contributed by atoms with Crippen LogP contribution in [0.2, 0.25) is 10.0 Å². The molecule has 0 fully saturated rings. The van der Waals surface area contributed by atoms with E-state index in [-0.39, 0.29) is 6.04 Å². The van der Waals surface area contributed by atoms with E-state index in [1.807, 2.05) is 12.1 Å². The SMILES string of the molecule is C#CCCCC(NN)c1cccc(Cl)c1Cl. The molecule has 16 heavy (non-hydrogen) atoms. The molecule has 0 heterocycles. The second-order valence-electron chi connectivity index (χ2n) is 3.46. The van der Waals surface area contributed by atoms with Crippen molar-refractivity contribution in [3.8, 4) is 12.3 Å². The fourth-order valence-corrected chi connectivity index (χ4v) is 1.97. The van der Waals surface area contributed by atoms with Gasteiger partial charge in [0.25, 0.3) is 0 Å². The van der Waals surface area contributed by atoms with Crippen molar-refractivity contribution in [3.63, 3.8) is 0 Å². The summed E-state index contributed by atoms with van der Waals surface area (Å²) in [6.45, 7) is 0. The van der Waals surface area contributed by atoms with Gasteiger partial charge in [-0.3, -0.25) is 11.3 Å². The van der Waals surface area contributed by atoms with Gasteiger partial charge in [-0.15, -0.1) is 12.3 Å². The summed E-state index contributed by atoms with van der Waals surface area (Å²) in [7, 11) is 0. The molecular weight excluding hydrogens is 243 g/mol. The molecule has 1 atom stereocenters. The van der Waals surface area contributed by atoms with Crippen molar-refractivity contribution in [2.75, 3.05) is 0 Å². The minimum Gasteiger partial charge on any atom is -0.271 e. The van der Waals surface area contributed by atoms with E-state index in [9.17, 15) is 0 Å². The van der Waals surface area contributed by atoms with E-state index in [2.05, 4.69) is 11.3 Å². The first-order valence-corrected chi connectivity index (χ1v) is 5.79. The number of hydrogen-bond donors (Lipinski definition) is 2. The number of hydrogen-bond acceptors (Lipinski definition) is 2. The molecule has 2 nitrogen and oxygen atoms in total. The molecule has 1 unspecified atom stereocenters. The molecule has 0 bridgehead atoms. The summed E-state index contributed by atoms with van der Waals surface area (Å²) in [6, 6.07) is 5.51. The van der Waals surface area contributed by atoms with Gasteiger partial charge in [-0.25, -0.2) is 0 Å². The van der Waals surface area contributed by atoms with Gasteiger partial charge in [0.2, 0.25) is 0 Å². The largest absolute Gasteiger partial charge is 0.271 e. The molecule has 4 heteroatoms. The van der Waals surface area contributed by atoms with Crippen LogP contribution >= 0.6 is 23.2 Å². The molecule has 3 N–H and O–H groups in total. The second-order valence-corrected chi connectivity index (χ2v) is 4.24. The second kappa shape index (κ2) is 6.78. The Morgan fingerprint density at radius 2 is 2.19 bits per heavy atom. The van der Waals surface area contributed by atoms with Crippen LogP contribution in [0.15, 0.2) is 18.2 Å². The lowest BCUT2D eigenvalue weighted by Crippen LogP contribution is -2.28. The fourth-order valence-electron chi connectivity index (χ4n) is 1.53. The maximum Gasteiger partial charge on any atom is 0.0640 e. The van der Waals surface area contributed by atoms with Crippen molar-refractivity contribution < 1.29 is 0 Å². The van der Waals surface area contributed by atoms with Gasteiger partial charge in [-0.05, 0) is 24.5 Å². The highest BCUT2D eigenvalue weighted by molar-refractivity contribution is 6.42. The van der Waals surface area contributed by atoms with Crippen LogP contribution in [0.25, 0.3) is 0 Å². The molecule has 0 aliphatic rings. The van der Waals surface area contributed by atoms with Crippen LogP contribution in [-0.4, -0.2) is 0 Å². The van der Waals surface area contributed by atoms with Crippen molar-refractivity contribution in [1.82, 2.24) is 5.43 Å². The average molecular weight is 257 g/mol. The average Bonchev–Trinajstić information content (AvgIpc) is 2.29. The van der Waals surface area contributed by atoms with E-state index in [0.717, 1.165) is 24.8 Å². The lowest BCUT2D eigenvalue weighted by molar-refractivity contribution is 0.502. The molecule has 86 valence electrons. The molecule has 0 aliphatic heterocycles. The first-order chi connectivity index (χ1) is 7.70. The quantitative estimate of drug-likeness (QED) is 0.367. The topological polar surface area (TPSA) is 38.0 Å². The van der Waals surface area contributed by atoms with E-state index in [4.69, 9.17) is 35.5 Å². The number of halogens is 2. The van der Waals surface area contributed by atoms with Crippen LogP contribution in [0.3, 0.4) is 0 Å². The van der Waals surface area contributed by atoms with Crippen LogP contribution in [0.5, 0.6) is 0 Å². The number of nitrogens with two attached hydrogens (primary N) is 1. The number of terminal acetylenes is 1. The summed E-state index contributed by atoms with van der Waals surface area (Å²) in [5, 5.41) is 1.09. The van der Waals surface area contributed by atoms with E-state index in [0.29, 0.717) is 10.0 Å². The van der Waals surface area contributed by atoms with Crippen molar-refractivity contribution in [2.45, 2.75) is 25.3 Å². The molecule has 0 aliphatic carbocycles. The highest BCUT2D eigenvalue weighted by Gasteiger charge is 2.14. The predicted molar refractivity (Wildman–Crippen MR) is 69.2 cm³/mol. The molecule has 0 radical (unpaired) electrons. The van der Waals surface area contributed by atoms with Gasteiger partial charge in [0, 0.05) is 12.5 Å². The number of unbranched alkanes of at least 4 members (excludes halogenated alkanes) is 1. The zero-order valence-corrected chi connectivity index (χ0v) is 10.4. The minimum atomic E-state index is -0.0143. The lowest BCUT2D eigenvalue weighted by Gasteiger charge is -2.17. The van der Waals surface area contributed by atoms with Gasteiger partial charge in [0.1, 0.15) is 0 Å². The Hall–Kier alpha value is -0.720. The zero-order chi connectivity index (χ0) is 12.0. The molecular formula is C12H14Cl2N2. The molecule has 1 rings (SSSR count). The molecule has 1 aromatic carbocycles. The summed E-state index contributed by atoms with van der Waals surface area (Å²) in [6.07, 6.45) is 7.66. The zero-order valence-electron chi connectivity index (χ0n) is 8.84. The maximum absolute atomic E-state index is 6.11. The Balaban J connectivity index is 2.79. The van der Waals surface area contributed by atoms with Crippen LogP contribution in [0, 0.1) is 12.3 Å². The van der Waals surface area contributed by atoms with Gasteiger partial charge in [0.05, 0.1) is 10.0 Å². The molecule has 0 saturated heterocycles. The number of rotatable bonds is 5. The number of hydrazine groups is 1. The normalized spacial score (nSPS) is 12.1. The number of benzene rings is 1. The Morgan fingerprint density at radius 3 is 2.81 bits per heavy atom. The van der Waals surface area contributed by atoms with Gasteiger partial charge in [0.15, 0.2) is 0 Å². The Bertz CT molecular complexity index is 385. The van der Waals surface area contributed by atoms with Crippen molar-refractivity contribution in [1.29, 1.82) is 0 Å². The summed E-state index contributed by atoms with van der Waals surface area (Å²) < 4.78 is 0. The highest BCUT2D eigenvalue weighted by atomic mass is 35.5. The van der Waals surface area contributed by atoms with Crippen LogP contribution < -0.4 is 11.3 Å². The maximum atomic E-state index is 6.11. The van der Waals surface area contributed by atoms with Gasteiger partial charge < -0.3 is 0 Å². The first kappa shape index (κ1) is 13.3. The van der Waals surface area contributed by atoms with E-state index < -0.39 is 0 Å². The lowest BCUT2D eigenvalue weighted by atomic mass is 10.0. The monoisotopic (exact) mass is 256 g/mol. The Labute approximate surface area is 106 Å². The number of nitrogens with one attached hydrogen (secondary N) is 1. The van der Waals surface area contributed by atoms with Crippen LogP contribution in [0.4, 0.5) is 0 Å². The predicted octanol–water partition coefficient (Wildman–Crippen LogP) is 3.30. The summed E-state index contributed by atoms with van der Waals surface area (Å²) in [5.74, 6) is 8.10. The molecule has 1 aromatic rings. The Kier molecular flexibility index (Phi) is 5.65. The molecule has 0 spiro atoms. The highest BCUT2D eigenvalue weighted by Crippen LogP contribution is 2.31. The molecule has 0 saturated carbocycles. The van der Waals surface area contributed by atoms with Crippen molar-refractivity contribution in [2.24, 2.45) is 5.84 Å². The third-order valence-corrected chi connectivity index (χ3v) is 3.21. The third-order valence-electron chi connectivity index (χ3n) is 2.37. The van der Waals surface area contributed by atoms with Crippen molar-refractivity contribution >= 4 is 23.2 Å². The summed E-state index contributed by atoms with van der Waals surface area (Å²) >= 11 is 12.1. The van der Waals surface area contributed by atoms with Crippen molar-refractivity contribution in [3.05, 3.63) is 33.8 Å². The smallest absolute Gasteiger partial charge is 0.0640 e.